The Bertz CT molecular complexity index is 642. The van der Waals surface area contributed by atoms with E-state index in [1.165, 1.54) is 20.5 Å². The molecule has 1 aromatic carbocycles. The second-order valence-corrected chi connectivity index (χ2v) is 6.54. The number of H-pyrrole nitrogens is 1. The van der Waals surface area contributed by atoms with Gasteiger partial charge in [-0.25, -0.2) is 4.98 Å². The minimum atomic E-state index is 0.442. The molecule has 0 fully saturated rings. The number of hydrogen-bond acceptors (Lipinski definition) is 2. The van der Waals surface area contributed by atoms with E-state index in [1.807, 2.05) is 11.3 Å². The molecule has 2 heterocycles. The summed E-state index contributed by atoms with van der Waals surface area (Å²) in [5, 5.41) is 1.33. The Kier molecular flexibility index (Phi) is 2.67. The zero-order valence-corrected chi connectivity index (χ0v) is 12.1. The van der Waals surface area contributed by atoms with Crippen molar-refractivity contribution in [1.29, 1.82) is 0 Å². The molecule has 0 aliphatic heterocycles. The maximum Gasteiger partial charge on any atom is 0.109 e. The molecule has 0 radical (unpaired) electrons. The Balaban J connectivity index is 2.30. The van der Waals surface area contributed by atoms with Gasteiger partial charge in [0.2, 0.25) is 0 Å². The lowest BCUT2D eigenvalue weighted by Gasteiger charge is -1.96. The fourth-order valence-corrected chi connectivity index (χ4v) is 3.33. The first-order chi connectivity index (χ1) is 8.56. The third kappa shape index (κ3) is 1.74. The zero-order chi connectivity index (χ0) is 12.9. The normalized spacial score (nSPS) is 12.3. The van der Waals surface area contributed by atoms with E-state index in [2.05, 4.69) is 55.9 Å². The Morgan fingerprint density at radius 3 is 2.56 bits per heavy atom. The van der Waals surface area contributed by atoms with Crippen molar-refractivity contribution in [2.75, 3.05) is 0 Å². The van der Waals surface area contributed by atoms with Crippen LogP contribution in [0.5, 0.6) is 0 Å². The van der Waals surface area contributed by atoms with E-state index in [0.29, 0.717) is 11.8 Å². The monoisotopic (exact) mass is 258 g/mol. The number of fused-ring (bicyclic) bond motifs is 3. The maximum atomic E-state index is 4.67. The van der Waals surface area contributed by atoms with Crippen molar-refractivity contribution in [3.05, 3.63) is 28.9 Å². The van der Waals surface area contributed by atoms with Crippen molar-refractivity contribution >= 4 is 32.5 Å². The summed E-state index contributed by atoms with van der Waals surface area (Å²) < 4.78 is 1.34. The highest BCUT2D eigenvalue weighted by Crippen LogP contribution is 2.35. The number of rotatable bonds is 2. The fraction of sp³-hybridized carbons (Fsp3) is 0.400. The summed E-state index contributed by atoms with van der Waals surface area (Å²) >= 11 is 1.89. The summed E-state index contributed by atoms with van der Waals surface area (Å²) in [5.74, 6) is 2.11. The molecule has 2 nitrogen and oxygen atoms in total. The van der Waals surface area contributed by atoms with E-state index in [9.17, 15) is 0 Å². The smallest absolute Gasteiger partial charge is 0.109 e. The first-order valence-corrected chi connectivity index (χ1v) is 7.30. The van der Waals surface area contributed by atoms with Crippen molar-refractivity contribution in [1.82, 2.24) is 9.97 Å². The quantitative estimate of drug-likeness (QED) is 0.686. The average molecular weight is 258 g/mol. The molecule has 0 atom stereocenters. The molecule has 3 heteroatoms. The molecule has 94 valence electrons. The van der Waals surface area contributed by atoms with Crippen LogP contribution in [0.15, 0.2) is 18.2 Å². The number of aromatic amines is 1. The summed E-state index contributed by atoms with van der Waals surface area (Å²) in [7, 11) is 0. The summed E-state index contributed by atoms with van der Waals surface area (Å²) in [6.45, 7) is 8.83. The van der Waals surface area contributed by atoms with E-state index >= 15 is 0 Å². The van der Waals surface area contributed by atoms with Crippen molar-refractivity contribution in [3.63, 3.8) is 0 Å². The molecule has 0 amide bonds. The van der Waals surface area contributed by atoms with Gasteiger partial charge in [-0.2, -0.15) is 0 Å². The third-order valence-corrected chi connectivity index (χ3v) is 4.76. The number of nitrogens with one attached hydrogen (secondary N) is 1. The molecule has 0 aliphatic rings. The van der Waals surface area contributed by atoms with Gasteiger partial charge in [0.05, 0.1) is 15.7 Å². The number of aromatic nitrogens is 2. The van der Waals surface area contributed by atoms with Crippen LogP contribution in [0.25, 0.3) is 21.1 Å². The molecule has 0 saturated heterocycles. The van der Waals surface area contributed by atoms with Crippen LogP contribution >= 0.6 is 11.3 Å². The molecule has 0 bridgehead atoms. The average Bonchev–Trinajstić information content (AvgIpc) is 2.91. The van der Waals surface area contributed by atoms with Crippen LogP contribution in [0.2, 0.25) is 0 Å². The predicted molar refractivity (Wildman–Crippen MR) is 79.7 cm³/mol. The predicted octanol–water partition coefficient (Wildman–Crippen LogP) is 5.02. The molecule has 18 heavy (non-hydrogen) atoms. The van der Waals surface area contributed by atoms with Crippen LogP contribution in [0.4, 0.5) is 0 Å². The number of nitrogens with zero attached hydrogens (tertiary/aromatic N) is 1. The van der Waals surface area contributed by atoms with E-state index in [1.54, 1.807) is 0 Å². The number of thiophene rings is 1. The maximum absolute atomic E-state index is 4.67. The van der Waals surface area contributed by atoms with Gasteiger partial charge in [-0.3, -0.25) is 0 Å². The van der Waals surface area contributed by atoms with Gasteiger partial charge in [-0.15, -0.1) is 11.3 Å². The van der Waals surface area contributed by atoms with Gasteiger partial charge in [-0.05, 0) is 23.4 Å². The fourth-order valence-electron chi connectivity index (χ4n) is 2.17. The molecular formula is C15H18N2S. The van der Waals surface area contributed by atoms with Crippen molar-refractivity contribution in [2.24, 2.45) is 0 Å². The third-order valence-electron chi connectivity index (χ3n) is 3.29. The minimum Gasteiger partial charge on any atom is -0.341 e. The molecule has 2 aromatic heterocycles. The molecule has 1 N–H and O–H groups in total. The minimum absolute atomic E-state index is 0.442. The SMILES string of the molecule is CC(C)c1nc2ccc3cc(C(C)C)sc3c2[nH]1. The van der Waals surface area contributed by atoms with Crippen LogP contribution in [0, 0.1) is 0 Å². The molecule has 0 spiro atoms. The van der Waals surface area contributed by atoms with Gasteiger partial charge in [0.25, 0.3) is 0 Å². The molecule has 0 unspecified atom stereocenters. The first kappa shape index (κ1) is 11.7. The van der Waals surface area contributed by atoms with Gasteiger partial charge >= 0.3 is 0 Å². The summed E-state index contributed by atoms with van der Waals surface area (Å²) in [4.78, 5) is 9.60. The van der Waals surface area contributed by atoms with Gasteiger partial charge in [0.1, 0.15) is 5.82 Å². The summed E-state index contributed by atoms with van der Waals surface area (Å²) in [6, 6.07) is 6.61. The number of hydrogen-bond donors (Lipinski definition) is 1. The first-order valence-electron chi connectivity index (χ1n) is 6.48. The molecule has 3 rings (SSSR count). The van der Waals surface area contributed by atoms with Crippen LogP contribution in [-0.2, 0) is 0 Å². The van der Waals surface area contributed by atoms with E-state index in [0.717, 1.165) is 11.3 Å². The summed E-state index contributed by atoms with van der Waals surface area (Å²) in [5.41, 5.74) is 2.29. The van der Waals surface area contributed by atoms with Crippen molar-refractivity contribution < 1.29 is 0 Å². The lowest BCUT2D eigenvalue weighted by atomic mass is 10.1. The Labute approximate surface area is 111 Å². The van der Waals surface area contributed by atoms with E-state index < -0.39 is 0 Å². The topological polar surface area (TPSA) is 28.7 Å². The highest BCUT2D eigenvalue weighted by Gasteiger charge is 2.12. The van der Waals surface area contributed by atoms with Crippen LogP contribution in [0.1, 0.15) is 50.2 Å². The van der Waals surface area contributed by atoms with Crippen LogP contribution in [-0.4, -0.2) is 9.97 Å². The lowest BCUT2D eigenvalue weighted by Crippen LogP contribution is -1.88. The van der Waals surface area contributed by atoms with Crippen molar-refractivity contribution in [2.45, 2.75) is 39.5 Å². The highest BCUT2D eigenvalue weighted by molar-refractivity contribution is 7.20. The van der Waals surface area contributed by atoms with Gasteiger partial charge in [-0.1, -0.05) is 33.8 Å². The Morgan fingerprint density at radius 2 is 1.89 bits per heavy atom. The lowest BCUT2D eigenvalue weighted by molar-refractivity contribution is 0.799. The van der Waals surface area contributed by atoms with E-state index in [-0.39, 0.29) is 0 Å². The molecule has 0 aliphatic carbocycles. The zero-order valence-electron chi connectivity index (χ0n) is 11.2. The molecule has 0 saturated carbocycles. The van der Waals surface area contributed by atoms with Crippen LogP contribution < -0.4 is 0 Å². The van der Waals surface area contributed by atoms with Gasteiger partial charge < -0.3 is 4.98 Å². The Morgan fingerprint density at radius 1 is 1.11 bits per heavy atom. The standard InChI is InChI=1S/C15H18N2S/c1-8(2)12-7-10-5-6-11-13(14(10)18-12)17-15(16-11)9(3)4/h5-9H,1-4H3,(H,16,17). The highest BCUT2D eigenvalue weighted by atomic mass is 32.1. The largest absolute Gasteiger partial charge is 0.341 e. The summed E-state index contributed by atoms with van der Waals surface area (Å²) in [6.07, 6.45) is 0. The second-order valence-electron chi connectivity index (χ2n) is 5.46. The number of imidazole rings is 1. The molecule has 3 aromatic rings. The van der Waals surface area contributed by atoms with Gasteiger partial charge in [0, 0.05) is 10.8 Å². The van der Waals surface area contributed by atoms with E-state index in [4.69, 9.17) is 0 Å². The molecular weight excluding hydrogens is 240 g/mol. The Hall–Kier alpha value is -1.35. The van der Waals surface area contributed by atoms with Gasteiger partial charge in [0.15, 0.2) is 0 Å². The van der Waals surface area contributed by atoms with Crippen molar-refractivity contribution in [3.8, 4) is 0 Å². The number of benzene rings is 1. The van der Waals surface area contributed by atoms with Crippen LogP contribution in [0.3, 0.4) is 0 Å². The second kappa shape index (κ2) is 4.09.